The second kappa shape index (κ2) is 8.75. The van der Waals surface area contributed by atoms with Gasteiger partial charge in [0.05, 0.1) is 10.9 Å². The van der Waals surface area contributed by atoms with Gasteiger partial charge in [0, 0.05) is 33.4 Å². The summed E-state index contributed by atoms with van der Waals surface area (Å²) in [5, 5.41) is 0. The van der Waals surface area contributed by atoms with Crippen molar-refractivity contribution in [2.45, 2.75) is 30.7 Å². The highest BCUT2D eigenvalue weighted by molar-refractivity contribution is 7.89. The van der Waals surface area contributed by atoms with Crippen molar-refractivity contribution in [2.75, 3.05) is 33.4 Å². The zero-order valence-corrected chi connectivity index (χ0v) is 15.6. The first kappa shape index (κ1) is 19.8. The number of aryl methyl sites for hydroxylation is 1. The van der Waals surface area contributed by atoms with Crippen LogP contribution < -0.4 is 10.5 Å². The van der Waals surface area contributed by atoms with Crippen LogP contribution in [0.15, 0.2) is 29.2 Å². The number of benzene rings is 1. The Balaban J connectivity index is 1.83. The number of amides is 1. The molecular formula is C17H27N3O4S. The smallest absolute Gasteiger partial charge is 0.240 e. The molecule has 2 rings (SSSR count). The normalized spacial score (nSPS) is 17.2. The van der Waals surface area contributed by atoms with Gasteiger partial charge in [-0.2, -0.15) is 0 Å². The molecule has 1 saturated heterocycles. The van der Waals surface area contributed by atoms with E-state index in [-0.39, 0.29) is 29.8 Å². The Kier molecular flexibility index (Phi) is 6.95. The van der Waals surface area contributed by atoms with Crippen molar-refractivity contribution in [1.82, 2.24) is 9.62 Å². The molecule has 0 aromatic heterocycles. The predicted molar refractivity (Wildman–Crippen MR) is 95.5 cm³/mol. The quantitative estimate of drug-likeness (QED) is 0.728. The molecule has 1 fully saturated rings. The Morgan fingerprint density at radius 3 is 2.52 bits per heavy atom. The lowest BCUT2D eigenvalue weighted by atomic mass is 9.91. The maximum absolute atomic E-state index is 12.4. The summed E-state index contributed by atoms with van der Waals surface area (Å²) in [5.74, 6) is -0.0469. The minimum atomic E-state index is -3.57. The lowest BCUT2D eigenvalue weighted by molar-refractivity contribution is -0.133. The number of rotatable bonds is 7. The molecule has 1 unspecified atom stereocenters. The summed E-state index contributed by atoms with van der Waals surface area (Å²) in [6.07, 6.45) is 1.56. The Labute approximate surface area is 149 Å². The van der Waals surface area contributed by atoms with E-state index < -0.39 is 16.1 Å². The summed E-state index contributed by atoms with van der Waals surface area (Å²) in [6.45, 7) is 3.56. The van der Waals surface area contributed by atoms with E-state index in [4.69, 9.17) is 10.5 Å². The molecule has 1 aliphatic rings. The van der Waals surface area contributed by atoms with E-state index in [1.165, 1.54) is 4.90 Å². The van der Waals surface area contributed by atoms with E-state index in [1.54, 1.807) is 31.3 Å². The number of carbonyl (C=O) groups excluding carboxylic acids is 1. The molecule has 1 aliphatic heterocycles. The fourth-order valence-electron chi connectivity index (χ4n) is 2.79. The lowest BCUT2D eigenvalue weighted by Crippen LogP contribution is -2.49. The van der Waals surface area contributed by atoms with Gasteiger partial charge in [-0.1, -0.05) is 17.7 Å². The molecule has 25 heavy (non-hydrogen) atoms. The fraction of sp³-hybridized carbons (Fsp3) is 0.588. The predicted octanol–water partition coefficient (Wildman–Crippen LogP) is 0.486. The maximum Gasteiger partial charge on any atom is 0.240 e. The molecule has 140 valence electrons. The Morgan fingerprint density at radius 1 is 1.32 bits per heavy atom. The molecule has 0 aliphatic carbocycles. The highest BCUT2D eigenvalue weighted by Gasteiger charge is 2.28. The SMILES string of the molecule is Cc1ccc(S(=O)(=O)NCCN(C)C(=O)C(N)C2CCOCC2)cc1. The van der Waals surface area contributed by atoms with Crippen LogP contribution >= 0.6 is 0 Å². The average molecular weight is 369 g/mol. The molecule has 0 saturated carbocycles. The van der Waals surface area contributed by atoms with Crippen molar-refractivity contribution in [3.8, 4) is 0 Å². The number of likely N-dealkylation sites (N-methyl/N-ethyl adjacent to an activating group) is 1. The molecule has 1 atom stereocenters. The third-order valence-electron chi connectivity index (χ3n) is 4.51. The van der Waals surface area contributed by atoms with Crippen molar-refractivity contribution in [3.63, 3.8) is 0 Å². The van der Waals surface area contributed by atoms with Gasteiger partial charge in [-0.3, -0.25) is 4.79 Å². The maximum atomic E-state index is 12.4. The lowest BCUT2D eigenvalue weighted by Gasteiger charge is -2.29. The van der Waals surface area contributed by atoms with Crippen molar-refractivity contribution in [3.05, 3.63) is 29.8 Å². The van der Waals surface area contributed by atoms with E-state index in [0.29, 0.717) is 13.2 Å². The molecular weight excluding hydrogens is 342 g/mol. The van der Waals surface area contributed by atoms with Crippen LogP contribution in [0, 0.1) is 12.8 Å². The molecule has 0 radical (unpaired) electrons. The molecule has 3 N–H and O–H groups in total. The number of sulfonamides is 1. The summed E-state index contributed by atoms with van der Waals surface area (Å²) < 4.78 is 32.2. The molecule has 1 amide bonds. The molecule has 0 spiro atoms. The van der Waals surface area contributed by atoms with Gasteiger partial charge in [-0.05, 0) is 37.8 Å². The molecule has 1 aromatic rings. The van der Waals surface area contributed by atoms with Crippen molar-refractivity contribution in [2.24, 2.45) is 11.7 Å². The summed E-state index contributed by atoms with van der Waals surface area (Å²) in [6, 6.07) is 6.05. The highest BCUT2D eigenvalue weighted by Crippen LogP contribution is 2.18. The largest absolute Gasteiger partial charge is 0.381 e. The molecule has 7 nitrogen and oxygen atoms in total. The number of carbonyl (C=O) groups is 1. The highest BCUT2D eigenvalue weighted by atomic mass is 32.2. The van der Waals surface area contributed by atoms with Gasteiger partial charge in [0.15, 0.2) is 0 Å². The van der Waals surface area contributed by atoms with E-state index in [1.807, 2.05) is 6.92 Å². The number of nitrogens with zero attached hydrogens (tertiary/aromatic N) is 1. The zero-order chi connectivity index (χ0) is 18.4. The first-order chi connectivity index (χ1) is 11.8. The number of hydrogen-bond acceptors (Lipinski definition) is 5. The first-order valence-electron chi connectivity index (χ1n) is 8.46. The van der Waals surface area contributed by atoms with Crippen LogP contribution in [0.4, 0.5) is 0 Å². The first-order valence-corrected chi connectivity index (χ1v) is 9.94. The van der Waals surface area contributed by atoms with Crippen LogP contribution in [0.2, 0.25) is 0 Å². The van der Waals surface area contributed by atoms with Crippen LogP contribution in [-0.4, -0.2) is 58.6 Å². The minimum absolute atomic E-state index is 0.118. The fourth-order valence-corrected chi connectivity index (χ4v) is 3.81. The Morgan fingerprint density at radius 2 is 1.92 bits per heavy atom. The molecule has 1 heterocycles. The van der Waals surface area contributed by atoms with Crippen molar-refractivity contribution in [1.29, 1.82) is 0 Å². The zero-order valence-electron chi connectivity index (χ0n) is 14.8. The summed E-state index contributed by atoms with van der Waals surface area (Å²) in [4.78, 5) is 14.1. The summed E-state index contributed by atoms with van der Waals surface area (Å²) >= 11 is 0. The number of nitrogens with one attached hydrogen (secondary N) is 1. The van der Waals surface area contributed by atoms with E-state index in [2.05, 4.69) is 4.72 Å². The minimum Gasteiger partial charge on any atom is -0.381 e. The summed E-state index contributed by atoms with van der Waals surface area (Å²) in [5.41, 5.74) is 7.06. The average Bonchev–Trinajstić information content (AvgIpc) is 2.61. The van der Waals surface area contributed by atoms with Crippen molar-refractivity contribution >= 4 is 15.9 Å². The summed E-state index contributed by atoms with van der Waals surface area (Å²) in [7, 11) is -1.93. The van der Waals surface area contributed by atoms with Crippen molar-refractivity contribution < 1.29 is 17.9 Å². The van der Waals surface area contributed by atoms with E-state index in [0.717, 1.165) is 18.4 Å². The topological polar surface area (TPSA) is 102 Å². The van der Waals surface area contributed by atoms with Gasteiger partial charge in [0.1, 0.15) is 0 Å². The third-order valence-corrected chi connectivity index (χ3v) is 5.98. The standard InChI is InChI=1S/C17H27N3O4S/c1-13-3-5-15(6-4-13)25(22,23)19-9-10-20(2)17(21)16(18)14-7-11-24-12-8-14/h3-6,14,16,19H,7-12,18H2,1-2H3. The second-order valence-corrected chi connectivity index (χ2v) is 8.21. The molecule has 0 bridgehead atoms. The molecule has 1 aromatic carbocycles. The van der Waals surface area contributed by atoms with Gasteiger partial charge in [-0.15, -0.1) is 0 Å². The van der Waals surface area contributed by atoms with Crippen LogP contribution in [0.1, 0.15) is 18.4 Å². The molecule has 8 heteroatoms. The second-order valence-electron chi connectivity index (χ2n) is 6.45. The van der Waals surface area contributed by atoms with Gasteiger partial charge >= 0.3 is 0 Å². The van der Waals surface area contributed by atoms with Crippen LogP contribution in [-0.2, 0) is 19.6 Å². The Bertz CT molecular complexity index is 670. The van der Waals surface area contributed by atoms with E-state index >= 15 is 0 Å². The number of hydrogen-bond donors (Lipinski definition) is 2. The third kappa shape index (κ3) is 5.50. The van der Waals surface area contributed by atoms with Crippen LogP contribution in [0.25, 0.3) is 0 Å². The monoisotopic (exact) mass is 369 g/mol. The van der Waals surface area contributed by atoms with Gasteiger partial charge < -0.3 is 15.4 Å². The van der Waals surface area contributed by atoms with Gasteiger partial charge in [0.2, 0.25) is 15.9 Å². The van der Waals surface area contributed by atoms with Crippen LogP contribution in [0.3, 0.4) is 0 Å². The number of ether oxygens (including phenoxy) is 1. The van der Waals surface area contributed by atoms with Crippen LogP contribution in [0.5, 0.6) is 0 Å². The number of nitrogens with two attached hydrogens (primary N) is 1. The van der Waals surface area contributed by atoms with E-state index in [9.17, 15) is 13.2 Å². The van der Waals surface area contributed by atoms with Gasteiger partial charge in [0.25, 0.3) is 0 Å². The van der Waals surface area contributed by atoms with Gasteiger partial charge in [-0.25, -0.2) is 13.1 Å². The Hall–Kier alpha value is -1.48.